The third-order valence-corrected chi connectivity index (χ3v) is 9.13. The Balaban J connectivity index is 1.39. The van der Waals surface area contributed by atoms with Crippen LogP contribution in [-0.2, 0) is 22.4 Å². The number of ketones is 2. The van der Waals surface area contributed by atoms with Gasteiger partial charge in [0, 0.05) is 38.7 Å². The van der Waals surface area contributed by atoms with E-state index in [2.05, 4.69) is 59.5 Å². The van der Waals surface area contributed by atoms with Crippen LogP contribution in [0.25, 0.3) is 28.3 Å². The van der Waals surface area contributed by atoms with E-state index in [1.165, 1.54) is 11.6 Å². The summed E-state index contributed by atoms with van der Waals surface area (Å²) in [4.78, 5) is 24.4. The standard InChI is InChI=1S/C42H45IO6/c1-6-33(44)13-9-7-11-29-16-21-39(46-2)35(25-29)36-27-31(18-23-40(36)47-3)15-20-34(45)14-10-8-12-30-17-22-41(48-4)37(26-30)38-28-32(43)19-24-42(38)49-5/h6,15-28H,1,7-14H2,2-5H3/b20-15+. The lowest BCUT2D eigenvalue weighted by atomic mass is 9.96. The molecule has 49 heavy (non-hydrogen) atoms. The van der Waals surface area contributed by atoms with Crippen LogP contribution in [0, 0.1) is 3.57 Å². The lowest BCUT2D eigenvalue weighted by Crippen LogP contribution is -1.97. The number of carbonyl (C=O) groups excluding carboxylic acids is 2. The molecule has 0 aliphatic heterocycles. The summed E-state index contributed by atoms with van der Waals surface area (Å²) in [6.45, 7) is 3.55. The minimum absolute atomic E-state index is 0.0752. The first kappa shape index (κ1) is 37.4. The van der Waals surface area contributed by atoms with Gasteiger partial charge in [-0.05, 0) is 145 Å². The van der Waals surface area contributed by atoms with Gasteiger partial charge in [-0.2, -0.15) is 0 Å². The predicted octanol–water partition coefficient (Wildman–Crippen LogP) is 10.1. The average molecular weight is 773 g/mol. The molecule has 0 unspecified atom stereocenters. The lowest BCUT2D eigenvalue weighted by molar-refractivity contribution is -0.115. The SMILES string of the molecule is C=CC(=O)CCCCc1ccc(OC)c(-c2cc(/C=C/C(=O)CCCCc3ccc(OC)c(-c4cc(I)ccc4OC)c3)ccc2OC)c1. The summed E-state index contributed by atoms with van der Waals surface area (Å²) >= 11 is 2.31. The first-order chi connectivity index (χ1) is 23.8. The van der Waals surface area contributed by atoms with Gasteiger partial charge in [0.25, 0.3) is 0 Å². The zero-order chi connectivity index (χ0) is 35.2. The molecule has 0 fully saturated rings. The summed E-state index contributed by atoms with van der Waals surface area (Å²) in [5.74, 6) is 3.22. The Kier molecular flexibility index (Phi) is 14.5. The topological polar surface area (TPSA) is 71.1 Å². The summed E-state index contributed by atoms with van der Waals surface area (Å²) < 4.78 is 23.8. The van der Waals surface area contributed by atoms with E-state index < -0.39 is 0 Å². The maximum Gasteiger partial charge on any atom is 0.155 e. The largest absolute Gasteiger partial charge is 0.496 e. The third kappa shape index (κ3) is 10.6. The predicted molar refractivity (Wildman–Crippen MR) is 207 cm³/mol. The molecule has 4 rings (SSSR count). The number of hydrogen-bond donors (Lipinski definition) is 0. The second-order valence-electron chi connectivity index (χ2n) is 11.8. The van der Waals surface area contributed by atoms with E-state index in [-0.39, 0.29) is 11.6 Å². The van der Waals surface area contributed by atoms with Crippen molar-refractivity contribution < 1.29 is 28.5 Å². The Bertz CT molecular complexity index is 1790. The van der Waals surface area contributed by atoms with Gasteiger partial charge in [-0.15, -0.1) is 0 Å². The van der Waals surface area contributed by atoms with E-state index in [9.17, 15) is 9.59 Å². The highest BCUT2D eigenvalue weighted by molar-refractivity contribution is 14.1. The van der Waals surface area contributed by atoms with Crippen molar-refractivity contribution in [3.8, 4) is 45.3 Å². The summed E-state index contributed by atoms with van der Waals surface area (Å²) in [5, 5.41) is 0. The van der Waals surface area contributed by atoms with Crippen molar-refractivity contribution in [1.82, 2.24) is 0 Å². The van der Waals surface area contributed by atoms with Crippen molar-refractivity contribution in [2.24, 2.45) is 0 Å². The van der Waals surface area contributed by atoms with E-state index in [1.54, 1.807) is 34.5 Å². The third-order valence-electron chi connectivity index (χ3n) is 8.46. The molecule has 0 saturated heterocycles. The molecular formula is C42H45IO6. The van der Waals surface area contributed by atoms with Gasteiger partial charge in [0.05, 0.1) is 28.4 Å². The number of carbonyl (C=O) groups is 2. The molecule has 7 heteroatoms. The first-order valence-corrected chi connectivity index (χ1v) is 17.6. The zero-order valence-electron chi connectivity index (χ0n) is 28.9. The molecule has 256 valence electrons. The van der Waals surface area contributed by atoms with Gasteiger partial charge in [0.15, 0.2) is 11.6 Å². The van der Waals surface area contributed by atoms with E-state index in [0.29, 0.717) is 12.8 Å². The second kappa shape index (κ2) is 19.0. The van der Waals surface area contributed by atoms with Gasteiger partial charge >= 0.3 is 0 Å². The molecule has 0 aliphatic carbocycles. The number of ether oxygens (including phenoxy) is 4. The Hall–Kier alpha value is -4.37. The van der Waals surface area contributed by atoms with Crippen molar-refractivity contribution in [2.75, 3.05) is 28.4 Å². The van der Waals surface area contributed by atoms with Gasteiger partial charge in [0.2, 0.25) is 0 Å². The van der Waals surface area contributed by atoms with Crippen LogP contribution < -0.4 is 18.9 Å². The molecule has 0 radical (unpaired) electrons. The molecule has 0 aliphatic rings. The van der Waals surface area contributed by atoms with Gasteiger partial charge in [-0.3, -0.25) is 9.59 Å². The van der Waals surface area contributed by atoms with Crippen LogP contribution in [0.2, 0.25) is 0 Å². The molecule has 0 aromatic heterocycles. The highest BCUT2D eigenvalue weighted by atomic mass is 127. The number of halogens is 1. The van der Waals surface area contributed by atoms with Crippen molar-refractivity contribution in [3.63, 3.8) is 0 Å². The summed E-state index contributed by atoms with van der Waals surface area (Å²) in [6.07, 6.45) is 11.0. The fraction of sp³-hybridized carbons (Fsp3) is 0.286. The number of aryl methyl sites for hydroxylation is 2. The minimum Gasteiger partial charge on any atom is -0.496 e. The van der Waals surface area contributed by atoms with Crippen molar-refractivity contribution in [3.05, 3.63) is 112 Å². The number of methoxy groups -OCH3 is 4. The summed E-state index contributed by atoms with van der Waals surface area (Å²) in [5.41, 5.74) is 7.04. The quantitative estimate of drug-likeness (QED) is 0.0537. The second-order valence-corrected chi connectivity index (χ2v) is 13.0. The van der Waals surface area contributed by atoms with E-state index in [0.717, 1.165) is 98.5 Å². The number of rotatable bonds is 19. The van der Waals surface area contributed by atoms with Crippen LogP contribution in [0.15, 0.2) is 91.5 Å². The molecule has 0 atom stereocenters. The smallest absolute Gasteiger partial charge is 0.155 e. The van der Waals surface area contributed by atoms with E-state index in [4.69, 9.17) is 18.9 Å². The zero-order valence-corrected chi connectivity index (χ0v) is 31.0. The van der Waals surface area contributed by atoms with Gasteiger partial charge in [0.1, 0.15) is 23.0 Å². The Morgan fingerprint density at radius 3 is 1.55 bits per heavy atom. The van der Waals surface area contributed by atoms with E-state index >= 15 is 0 Å². The first-order valence-electron chi connectivity index (χ1n) is 16.5. The van der Waals surface area contributed by atoms with Crippen LogP contribution >= 0.6 is 22.6 Å². The maximum absolute atomic E-state index is 12.9. The fourth-order valence-electron chi connectivity index (χ4n) is 5.80. The number of allylic oxidation sites excluding steroid dienone is 2. The number of unbranched alkanes of at least 4 members (excludes halogenated alkanes) is 2. The molecule has 0 amide bonds. The molecule has 0 bridgehead atoms. The highest BCUT2D eigenvalue weighted by Crippen LogP contribution is 2.39. The van der Waals surface area contributed by atoms with Crippen LogP contribution in [0.3, 0.4) is 0 Å². The van der Waals surface area contributed by atoms with Crippen molar-refractivity contribution >= 4 is 40.2 Å². The van der Waals surface area contributed by atoms with Crippen LogP contribution in [-0.4, -0.2) is 40.0 Å². The minimum atomic E-state index is 0.0752. The van der Waals surface area contributed by atoms with Crippen LogP contribution in [0.4, 0.5) is 0 Å². The molecule has 4 aromatic carbocycles. The Morgan fingerprint density at radius 1 is 0.592 bits per heavy atom. The average Bonchev–Trinajstić information content (AvgIpc) is 3.13. The molecular weight excluding hydrogens is 727 g/mol. The van der Waals surface area contributed by atoms with Gasteiger partial charge in [-0.25, -0.2) is 0 Å². The van der Waals surface area contributed by atoms with Crippen molar-refractivity contribution in [2.45, 2.75) is 51.4 Å². The maximum atomic E-state index is 12.9. The highest BCUT2D eigenvalue weighted by Gasteiger charge is 2.15. The van der Waals surface area contributed by atoms with Crippen molar-refractivity contribution in [1.29, 1.82) is 0 Å². The number of benzene rings is 4. The van der Waals surface area contributed by atoms with Crippen LogP contribution in [0.1, 0.15) is 55.2 Å². The molecule has 0 saturated carbocycles. The van der Waals surface area contributed by atoms with Gasteiger partial charge in [-0.1, -0.05) is 30.9 Å². The lowest BCUT2D eigenvalue weighted by Gasteiger charge is -2.15. The number of hydrogen-bond acceptors (Lipinski definition) is 6. The van der Waals surface area contributed by atoms with E-state index in [1.807, 2.05) is 48.5 Å². The van der Waals surface area contributed by atoms with Gasteiger partial charge < -0.3 is 18.9 Å². The Morgan fingerprint density at radius 2 is 1.04 bits per heavy atom. The summed E-state index contributed by atoms with van der Waals surface area (Å²) in [7, 11) is 6.66. The molecule has 0 N–H and O–H groups in total. The summed E-state index contributed by atoms with van der Waals surface area (Å²) in [6, 6.07) is 24.4. The van der Waals surface area contributed by atoms with Crippen LogP contribution in [0.5, 0.6) is 23.0 Å². The molecule has 4 aromatic rings. The monoisotopic (exact) mass is 772 g/mol. The normalized spacial score (nSPS) is 11.0. The molecule has 0 heterocycles. The Labute approximate surface area is 304 Å². The molecule has 6 nitrogen and oxygen atoms in total. The molecule has 0 spiro atoms. The fourth-order valence-corrected chi connectivity index (χ4v) is 6.30.